The highest BCUT2D eigenvalue weighted by Gasteiger charge is 2.20. The van der Waals surface area contributed by atoms with Gasteiger partial charge in [0.25, 0.3) is 0 Å². The average molecular weight is 553 g/mol. The van der Waals surface area contributed by atoms with E-state index in [1.807, 2.05) is 32.2 Å². The predicted octanol–water partition coefficient (Wildman–Crippen LogP) is 4.35. The van der Waals surface area contributed by atoms with E-state index < -0.39 is 0 Å². The van der Waals surface area contributed by atoms with E-state index in [0.29, 0.717) is 19.2 Å². The van der Waals surface area contributed by atoms with Crippen LogP contribution >= 0.6 is 24.0 Å². The summed E-state index contributed by atoms with van der Waals surface area (Å²) in [4.78, 5) is 6.95. The molecular formula is C25H37IN4O2. The molecule has 2 aromatic carbocycles. The van der Waals surface area contributed by atoms with Gasteiger partial charge < -0.3 is 20.1 Å². The smallest absolute Gasteiger partial charge is 0.191 e. The Balaban J connectivity index is 0.00000363. The maximum Gasteiger partial charge on any atom is 0.191 e. The Hall–Kier alpha value is -2.00. The molecule has 32 heavy (non-hydrogen) atoms. The number of guanidine groups is 1. The lowest BCUT2D eigenvalue weighted by molar-refractivity contribution is 0.198. The van der Waals surface area contributed by atoms with E-state index in [-0.39, 0.29) is 24.0 Å². The normalized spacial score (nSPS) is 15.1. The summed E-state index contributed by atoms with van der Waals surface area (Å²) in [6.45, 7) is 8.64. The topological polar surface area (TPSA) is 58.1 Å². The number of methoxy groups -OCH3 is 1. The van der Waals surface area contributed by atoms with E-state index in [1.165, 1.54) is 11.1 Å². The third-order valence-electron chi connectivity index (χ3n) is 5.63. The van der Waals surface area contributed by atoms with Crippen LogP contribution in [0.2, 0.25) is 0 Å². The highest BCUT2D eigenvalue weighted by Crippen LogP contribution is 2.28. The van der Waals surface area contributed by atoms with E-state index in [1.54, 1.807) is 7.11 Å². The second kappa shape index (κ2) is 13.5. The molecule has 0 bridgehead atoms. The summed E-state index contributed by atoms with van der Waals surface area (Å²) >= 11 is 0. The molecule has 2 aromatic rings. The largest absolute Gasteiger partial charge is 0.493 e. The number of hydrogen-bond donors (Lipinski definition) is 2. The first kappa shape index (κ1) is 26.3. The molecule has 0 unspecified atom stereocenters. The Kier molecular flexibility index (Phi) is 11.1. The van der Waals surface area contributed by atoms with Crippen LogP contribution in [0.4, 0.5) is 0 Å². The van der Waals surface area contributed by atoms with Crippen LogP contribution in [-0.4, -0.2) is 50.8 Å². The van der Waals surface area contributed by atoms with Crippen molar-refractivity contribution in [1.29, 1.82) is 0 Å². The minimum atomic E-state index is 0. The van der Waals surface area contributed by atoms with Gasteiger partial charge in [0.15, 0.2) is 17.5 Å². The van der Waals surface area contributed by atoms with Crippen molar-refractivity contribution >= 4 is 29.9 Å². The SMILES string of the molecule is CCOc1cc(CNC(=NC)NC2CCN(Cc3cccc(C)c3)CC2)ccc1OC.I. The molecule has 1 heterocycles. The van der Waals surface area contributed by atoms with Gasteiger partial charge in [0, 0.05) is 39.3 Å². The summed E-state index contributed by atoms with van der Waals surface area (Å²) < 4.78 is 11.0. The molecule has 176 valence electrons. The number of halogens is 1. The van der Waals surface area contributed by atoms with Gasteiger partial charge >= 0.3 is 0 Å². The summed E-state index contributed by atoms with van der Waals surface area (Å²) in [5.74, 6) is 2.37. The van der Waals surface area contributed by atoms with Gasteiger partial charge in [0.05, 0.1) is 13.7 Å². The first-order valence-electron chi connectivity index (χ1n) is 11.2. The molecule has 1 saturated heterocycles. The molecule has 1 aliphatic rings. The maximum atomic E-state index is 5.68. The Morgan fingerprint density at radius 3 is 2.53 bits per heavy atom. The molecule has 0 aromatic heterocycles. The number of piperidine rings is 1. The summed E-state index contributed by atoms with van der Waals surface area (Å²) in [6, 6.07) is 15.3. The standard InChI is InChI=1S/C25H36N4O2.HI/c1-5-31-24-16-20(9-10-23(24)30-4)17-27-25(26-3)28-22-11-13-29(14-12-22)18-21-8-6-7-19(2)15-21;/h6-10,15-16,22H,5,11-14,17-18H2,1-4H3,(H2,26,27,28);1H. The number of nitrogens with one attached hydrogen (secondary N) is 2. The van der Waals surface area contributed by atoms with Crippen LogP contribution in [0.25, 0.3) is 0 Å². The zero-order valence-corrected chi connectivity index (χ0v) is 22.0. The summed E-state index contributed by atoms with van der Waals surface area (Å²) in [6.07, 6.45) is 2.23. The summed E-state index contributed by atoms with van der Waals surface area (Å²) in [7, 11) is 3.48. The first-order chi connectivity index (χ1) is 15.1. The van der Waals surface area contributed by atoms with Crippen LogP contribution in [0.3, 0.4) is 0 Å². The highest BCUT2D eigenvalue weighted by atomic mass is 127. The molecule has 3 rings (SSSR count). The van der Waals surface area contributed by atoms with Crippen molar-refractivity contribution in [2.45, 2.75) is 45.8 Å². The second-order valence-electron chi connectivity index (χ2n) is 8.03. The molecule has 0 radical (unpaired) electrons. The van der Waals surface area contributed by atoms with Crippen LogP contribution in [0, 0.1) is 6.92 Å². The molecule has 1 aliphatic heterocycles. The highest BCUT2D eigenvalue weighted by molar-refractivity contribution is 14.0. The second-order valence-corrected chi connectivity index (χ2v) is 8.03. The van der Waals surface area contributed by atoms with Crippen molar-refractivity contribution in [3.8, 4) is 11.5 Å². The Morgan fingerprint density at radius 2 is 1.88 bits per heavy atom. The number of aliphatic imine (C=N–C) groups is 1. The van der Waals surface area contributed by atoms with Crippen molar-refractivity contribution < 1.29 is 9.47 Å². The molecule has 0 amide bonds. The molecule has 2 N–H and O–H groups in total. The molecule has 0 aliphatic carbocycles. The molecule has 0 atom stereocenters. The van der Waals surface area contributed by atoms with Gasteiger partial charge in [-0.05, 0) is 49.9 Å². The number of aryl methyl sites for hydroxylation is 1. The van der Waals surface area contributed by atoms with Crippen molar-refractivity contribution in [1.82, 2.24) is 15.5 Å². The lowest BCUT2D eigenvalue weighted by Crippen LogP contribution is -2.48. The van der Waals surface area contributed by atoms with Gasteiger partial charge in [-0.25, -0.2) is 0 Å². The number of nitrogens with zero attached hydrogens (tertiary/aromatic N) is 2. The molecule has 0 spiro atoms. The van der Waals surface area contributed by atoms with Crippen molar-refractivity contribution in [2.24, 2.45) is 4.99 Å². The van der Waals surface area contributed by atoms with E-state index >= 15 is 0 Å². The average Bonchev–Trinajstić information content (AvgIpc) is 2.78. The van der Waals surface area contributed by atoms with Gasteiger partial charge in [-0.15, -0.1) is 24.0 Å². The quantitative estimate of drug-likeness (QED) is 0.290. The zero-order chi connectivity index (χ0) is 22.1. The van der Waals surface area contributed by atoms with Crippen LogP contribution in [0.15, 0.2) is 47.5 Å². The zero-order valence-electron chi connectivity index (χ0n) is 19.7. The number of likely N-dealkylation sites (tertiary alicyclic amines) is 1. The fraction of sp³-hybridized carbons (Fsp3) is 0.480. The number of hydrogen-bond acceptors (Lipinski definition) is 4. The van der Waals surface area contributed by atoms with Crippen LogP contribution in [0.5, 0.6) is 11.5 Å². The van der Waals surface area contributed by atoms with Gasteiger partial charge in [-0.2, -0.15) is 0 Å². The van der Waals surface area contributed by atoms with E-state index in [4.69, 9.17) is 9.47 Å². The summed E-state index contributed by atoms with van der Waals surface area (Å²) in [5, 5.41) is 7.01. The summed E-state index contributed by atoms with van der Waals surface area (Å²) in [5.41, 5.74) is 3.85. The molecule has 7 heteroatoms. The Bertz CT molecular complexity index is 867. The van der Waals surface area contributed by atoms with Gasteiger partial charge in [0.1, 0.15) is 0 Å². The van der Waals surface area contributed by atoms with Gasteiger partial charge in [-0.1, -0.05) is 35.9 Å². The van der Waals surface area contributed by atoms with Crippen LogP contribution < -0.4 is 20.1 Å². The monoisotopic (exact) mass is 552 g/mol. The van der Waals surface area contributed by atoms with Crippen molar-refractivity contribution in [3.05, 3.63) is 59.2 Å². The first-order valence-corrected chi connectivity index (χ1v) is 11.2. The number of ether oxygens (including phenoxy) is 2. The fourth-order valence-corrected chi connectivity index (χ4v) is 3.98. The van der Waals surface area contributed by atoms with E-state index in [0.717, 1.165) is 55.5 Å². The van der Waals surface area contributed by atoms with E-state index in [9.17, 15) is 0 Å². The third kappa shape index (κ3) is 7.85. The molecule has 1 fully saturated rings. The molecule has 6 nitrogen and oxygen atoms in total. The molecule has 0 saturated carbocycles. The minimum absolute atomic E-state index is 0. The van der Waals surface area contributed by atoms with Gasteiger partial charge in [-0.3, -0.25) is 9.89 Å². The third-order valence-corrected chi connectivity index (χ3v) is 5.63. The Labute approximate surface area is 209 Å². The van der Waals surface area contributed by atoms with Crippen molar-refractivity contribution in [2.75, 3.05) is 33.9 Å². The Morgan fingerprint density at radius 1 is 1.09 bits per heavy atom. The van der Waals surface area contributed by atoms with Crippen molar-refractivity contribution in [3.63, 3.8) is 0 Å². The van der Waals surface area contributed by atoms with Crippen LogP contribution in [0.1, 0.15) is 36.5 Å². The molecular weight excluding hydrogens is 515 g/mol. The number of rotatable bonds is 8. The lowest BCUT2D eigenvalue weighted by atomic mass is 10.0. The lowest BCUT2D eigenvalue weighted by Gasteiger charge is -2.33. The fourth-order valence-electron chi connectivity index (χ4n) is 3.98. The maximum absolute atomic E-state index is 5.68. The van der Waals surface area contributed by atoms with Crippen LogP contribution in [-0.2, 0) is 13.1 Å². The predicted molar refractivity (Wildman–Crippen MR) is 142 cm³/mol. The van der Waals surface area contributed by atoms with Gasteiger partial charge in [0.2, 0.25) is 0 Å². The van der Waals surface area contributed by atoms with E-state index in [2.05, 4.69) is 51.7 Å². The number of benzene rings is 2. The minimum Gasteiger partial charge on any atom is -0.493 e.